The van der Waals surface area contributed by atoms with Crippen LogP contribution in [0.5, 0.6) is 0 Å². The smallest absolute Gasteiger partial charge is 0.288 e. The van der Waals surface area contributed by atoms with Gasteiger partial charge in [0.05, 0.1) is 10.5 Å². The SMILES string of the molecule is NC(=O)c1cc([N+](=O)[O-])cnc1NC[C@H]1CCc2ccccc2N1. The van der Waals surface area contributed by atoms with Crippen molar-refractivity contribution in [3.05, 3.63) is 57.8 Å². The lowest BCUT2D eigenvalue weighted by atomic mass is 9.98. The summed E-state index contributed by atoms with van der Waals surface area (Å²) in [5.74, 6) is -0.496. The monoisotopic (exact) mass is 327 g/mol. The van der Waals surface area contributed by atoms with Crippen LogP contribution in [0.2, 0.25) is 0 Å². The first-order valence-corrected chi connectivity index (χ1v) is 7.57. The summed E-state index contributed by atoms with van der Waals surface area (Å²) in [6.45, 7) is 0.527. The number of primary amides is 1. The van der Waals surface area contributed by atoms with Crippen molar-refractivity contribution in [3.63, 3.8) is 0 Å². The first-order chi connectivity index (χ1) is 11.5. The molecule has 2 aromatic rings. The number of anilines is 2. The number of aryl methyl sites for hydroxylation is 1. The number of nitro groups is 1. The number of amides is 1. The molecule has 3 rings (SSSR count). The van der Waals surface area contributed by atoms with Gasteiger partial charge in [-0.3, -0.25) is 14.9 Å². The summed E-state index contributed by atoms with van der Waals surface area (Å²) in [5, 5.41) is 17.3. The van der Waals surface area contributed by atoms with Crippen molar-refractivity contribution >= 4 is 23.1 Å². The fraction of sp³-hybridized carbons (Fsp3) is 0.250. The van der Waals surface area contributed by atoms with Crippen LogP contribution >= 0.6 is 0 Å². The Kier molecular flexibility index (Phi) is 4.28. The van der Waals surface area contributed by atoms with E-state index >= 15 is 0 Å². The molecule has 0 spiro atoms. The fourth-order valence-electron chi connectivity index (χ4n) is 2.76. The summed E-state index contributed by atoms with van der Waals surface area (Å²) >= 11 is 0. The number of benzene rings is 1. The van der Waals surface area contributed by atoms with E-state index in [0.29, 0.717) is 6.54 Å². The minimum absolute atomic E-state index is 0.0143. The second kappa shape index (κ2) is 6.53. The Morgan fingerprint density at radius 3 is 3.00 bits per heavy atom. The summed E-state index contributed by atoms with van der Waals surface area (Å²) in [5.41, 5.74) is 7.43. The van der Waals surface area contributed by atoms with Crippen molar-refractivity contribution in [2.24, 2.45) is 5.73 Å². The lowest BCUT2D eigenvalue weighted by molar-refractivity contribution is -0.385. The van der Waals surface area contributed by atoms with E-state index in [9.17, 15) is 14.9 Å². The maximum atomic E-state index is 11.5. The van der Waals surface area contributed by atoms with Gasteiger partial charge in [0.1, 0.15) is 12.0 Å². The van der Waals surface area contributed by atoms with Gasteiger partial charge in [0.25, 0.3) is 11.6 Å². The second-order valence-corrected chi connectivity index (χ2v) is 5.63. The van der Waals surface area contributed by atoms with E-state index in [1.54, 1.807) is 0 Å². The largest absolute Gasteiger partial charge is 0.380 e. The highest BCUT2D eigenvalue weighted by atomic mass is 16.6. The van der Waals surface area contributed by atoms with E-state index in [0.717, 1.165) is 30.8 Å². The average molecular weight is 327 g/mol. The summed E-state index contributed by atoms with van der Waals surface area (Å²) in [4.78, 5) is 25.7. The first-order valence-electron chi connectivity index (χ1n) is 7.57. The van der Waals surface area contributed by atoms with Crippen LogP contribution in [0.1, 0.15) is 22.3 Å². The number of carbonyl (C=O) groups is 1. The Labute approximate surface area is 138 Å². The summed E-state index contributed by atoms with van der Waals surface area (Å²) in [6.07, 6.45) is 3.01. The Morgan fingerprint density at radius 2 is 2.25 bits per heavy atom. The third kappa shape index (κ3) is 3.27. The third-order valence-corrected chi connectivity index (χ3v) is 4.00. The highest BCUT2D eigenvalue weighted by molar-refractivity contribution is 5.98. The molecule has 1 aliphatic heterocycles. The van der Waals surface area contributed by atoms with Crippen LogP contribution in [-0.4, -0.2) is 28.4 Å². The Morgan fingerprint density at radius 1 is 1.46 bits per heavy atom. The molecule has 1 atom stereocenters. The van der Waals surface area contributed by atoms with Gasteiger partial charge in [-0.05, 0) is 24.5 Å². The topological polar surface area (TPSA) is 123 Å². The first kappa shape index (κ1) is 15.7. The van der Waals surface area contributed by atoms with Gasteiger partial charge in [-0.1, -0.05) is 18.2 Å². The van der Waals surface area contributed by atoms with Crippen LogP contribution in [0.15, 0.2) is 36.5 Å². The number of nitrogens with zero attached hydrogens (tertiary/aromatic N) is 2. The molecule has 0 fully saturated rings. The van der Waals surface area contributed by atoms with Gasteiger partial charge in [0.2, 0.25) is 0 Å². The molecular weight excluding hydrogens is 310 g/mol. The molecule has 8 nitrogen and oxygen atoms in total. The lowest BCUT2D eigenvalue weighted by Gasteiger charge is -2.27. The summed E-state index contributed by atoms with van der Waals surface area (Å²) in [7, 11) is 0. The number of nitrogens with one attached hydrogen (secondary N) is 2. The molecule has 0 aliphatic carbocycles. The van der Waals surface area contributed by atoms with Crippen LogP contribution in [-0.2, 0) is 6.42 Å². The normalized spacial score (nSPS) is 15.9. The van der Waals surface area contributed by atoms with Crippen LogP contribution in [0.3, 0.4) is 0 Å². The molecule has 1 aliphatic rings. The van der Waals surface area contributed by atoms with Crippen LogP contribution in [0, 0.1) is 10.1 Å². The van der Waals surface area contributed by atoms with Crippen molar-refractivity contribution in [2.45, 2.75) is 18.9 Å². The maximum Gasteiger partial charge on any atom is 0.288 e. The predicted molar refractivity (Wildman–Crippen MR) is 90.1 cm³/mol. The Bertz CT molecular complexity index is 793. The molecule has 0 bridgehead atoms. The van der Waals surface area contributed by atoms with Crippen molar-refractivity contribution in [3.8, 4) is 0 Å². The quantitative estimate of drug-likeness (QED) is 0.569. The molecule has 2 heterocycles. The van der Waals surface area contributed by atoms with E-state index in [-0.39, 0.29) is 23.1 Å². The lowest BCUT2D eigenvalue weighted by Crippen LogP contribution is -2.33. The minimum atomic E-state index is -0.754. The van der Waals surface area contributed by atoms with E-state index < -0.39 is 10.8 Å². The zero-order valence-electron chi connectivity index (χ0n) is 12.9. The van der Waals surface area contributed by atoms with Crippen molar-refractivity contribution in [1.82, 2.24) is 4.98 Å². The number of aromatic nitrogens is 1. The summed E-state index contributed by atoms with van der Waals surface area (Å²) < 4.78 is 0. The Balaban J connectivity index is 1.71. The Hall–Kier alpha value is -3.16. The standard InChI is InChI=1S/C16H17N5O3/c17-15(22)13-7-12(21(23)24)9-19-16(13)18-8-11-6-5-10-3-1-2-4-14(10)20-11/h1-4,7,9,11,20H,5-6,8H2,(H2,17,22)(H,18,19)/t11-/m1/s1. The highest BCUT2D eigenvalue weighted by Gasteiger charge is 2.20. The number of para-hydroxylation sites is 1. The molecule has 124 valence electrons. The van der Waals surface area contributed by atoms with Crippen molar-refractivity contribution in [2.75, 3.05) is 17.2 Å². The molecule has 1 aromatic carbocycles. The zero-order chi connectivity index (χ0) is 17.1. The van der Waals surface area contributed by atoms with Crippen molar-refractivity contribution in [1.29, 1.82) is 0 Å². The van der Waals surface area contributed by atoms with E-state index in [1.165, 1.54) is 5.56 Å². The van der Waals surface area contributed by atoms with Gasteiger partial charge in [-0.15, -0.1) is 0 Å². The van der Waals surface area contributed by atoms with E-state index in [4.69, 9.17) is 5.73 Å². The molecule has 0 unspecified atom stereocenters. The molecule has 1 amide bonds. The average Bonchev–Trinajstić information content (AvgIpc) is 2.59. The number of hydrogen-bond donors (Lipinski definition) is 3. The molecule has 0 saturated heterocycles. The van der Waals surface area contributed by atoms with Crippen molar-refractivity contribution < 1.29 is 9.72 Å². The molecule has 24 heavy (non-hydrogen) atoms. The van der Waals surface area contributed by atoms with Gasteiger partial charge in [0.15, 0.2) is 0 Å². The molecule has 0 radical (unpaired) electrons. The van der Waals surface area contributed by atoms with Crippen LogP contribution in [0.25, 0.3) is 0 Å². The molecule has 8 heteroatoms. The van der Waals surface area contributed by atoms with Gasteiger partial charge in [0, 0.05) is 24.3 Å². The maximum absolute atomic E-state index is 11.5. The van der Waals surface area contributed by atoms with Crippen LogP contribution in [0.4, 0.5) is 17.2 Å². The zero-order valence-corrected chi connectivity index (χ0v) is 12.9. The number of fused-ring (bicyclic) bond motifs is 1. The van der Waals surface area contributed by atoms with Gasteiger partial charge >= 0.3 is 0 Å². The minimum Gasteiger partial charge on any atom is -0.380 e. The van der Waals surface area contributed by atoms with Gasteiger partial charge in [-0.25, -0.2) is 4.98 Å². The highest BCUT2D eigenvalue weighted by Crippen LogP contribution is 2.25. The van der Waals surface area contributed by atoms with E-state index in [2.05, 4.69) is 21.7 Å². The van der Waals surface area contributed by atoms with Gasteiger partial charge in [-0.2, -0.15) is 0 Å². The second-order valence-electron chi connectivity index (χ2n) is 5.63. The third-order valence-electron chi connectivity index (χ3n) is 4.00. The molecular formula is C16H17N5O3. The number of carbonyl (C=O) groups excluding carboxylic acids is 1. The predicted octanol–water partition coefficient (Wildman–Crippen LogP) is 1.93. The fourth-order valence-corrected chi connectivity index (χ4v) is 2.76. The summed E-state index contributed by atoms with van der Waals surface area (Å²) in [6, 6.07) is 9.41. The molecule has 0 saturated carbocycles. The number of rotatable bonds is 5. The molecule has 1 aromatic heterocycles. The number of hydrogen-bond acceptors (Lipinski definition) is 6. The van der Waals surface area contributed by atoms with Crippen LogP contribution < -0.4 is 16.4 Å². The van der Waals surface area contributed by atoms with Gasteiger partial charge < -0.3 is 16.4 Å². The number of pyridine rings is 1. The molecule has 4 N–H and O–H groups in total. The van der Waals surface area contributed by atoms with E-state index in [1.807, 2.05) is 18.2 Å². The number of nitrogens with two attached hydrogens (primary N) is 1.